The second-order valence-corrected chi connectivity index (χ2v) is 10.2. The number of H-pyrrole nitrogens is 1. The van der Waals surface area contributed by atoms with Crippen molar-refractivity contribution in [1.82, 2.24) is 10.3 Å². The van der Waals surface area contributed by atoms with Crippen molar-refractivity contribution < 1.29 is 23.0 Å². The maximum Gasteiger partial charge on any atom is 0.256 e. The monoisotopic (exact) mass is 517 g/mol. The van der Waals surface area contributed by atoms with Crippen molar-refractivity contribution in [3.05, 3.63) is 50.9 Å². The lowest BCUT2D eigenvalue weighted by atomic mass is 9.90. The van der Waals surface area contributed by atoms with Gasteiger partial charge in [-0.25, -0.2) is 8.78 Å². The van der Waals surface area contributed by atoms with Crippen molar-refractivity contribution in [1.29, 1.82) is 0 Å². The number of benzene rings is 1. The van der Waals surface area contributed by atoms with Crippen molar-refractivity contribution in [3.8, 4) is 11.5 Å². The molecule has 2 aliphatic carbocycles. The topological polar surface area (TPSA) is 83.7 Å². The lowest BCUT2D eigenvalue weighted by molar-refractivity contribution is -0.0380. The fourth-order valence-electron chi connectivity index (χ4n) is 5.22. The third-order valence-corrected chi connectivity index (χ3v) is 7.61. The summed E-state index contributed by atoms with van der Waals surface area (Å²) in [4.78, 5) is 30.8. The molecule has 2 aromatic rings. The highest BCUT2D eigenvalue weighted by Gasteiger charge is 2.37. The molecule has 37 heavy (non-hydrogen) atoms. The van der Waals surface area contributed by atoms with E-state index in [9.17, 15) is 18.4 Å². The fourth-order valence-corrected chi connectivity index (χ4v) is 5.22. The Morgan fingerprint density at radius 1 is 1.16 bits per heavy atom. The van der Waals surface area contributed by atoms with Crippen molar-refractivity contribution in [2.75, 3.05) is 18.6 Å². The average Bonchev–Trinajstić information content (AvgIpc) is 2.83. The van der Waals surface area contributed by atoms with Crippen LogP contribution < -0.4 is 25.2 Å². The minimum atomic E-state index is -2.61. The van der Waals surface area contributed by atoms with Crippen LogP contribution in [-0.2, 0) is 6.54 Å². The van der Waals surface area contributed by atoms with Crippen LogP contribution in [0, 0.1) is 13.8 Å². The number of aromatic nitrogens is 1. The van der Waals surface area contributed by atoms with Crippen LogP contribution in [0.3, 0.4) is 0 Å². The quantitative estimate of drug-likeness (QED) is 0.474. The van der Waals surface area contributed by atoms with Crippen LogP contribution in [0.4, 0.5) is 14.5 Å². The van der Waals surface area contributed by atoms with Gasteiger partial charge in [0.05, 0.1) is 25.3 Å². The van der Waals surface area contributed by atoms with Crippen molar-refractivity contribution >= 4 is 11.6 Å². The number of aromatic amines is 1. The number of pyridine rings is 1. The first-order chi connectivity index (χ1) is 17.6. The fraction of sp³-hybridized carbons (Fsp3) is 0.571. The largest absolute Gasteiger partial charge is 0.496 e. The number of nitrogens with one attached hydrogen (secondary N) is 2. The number of carbonyl (C=O) groups is 1. The van der Waals surface area contributed by atoms with E-state index in [2.05, 4.69) is 15.2 Å². The number of methoxy groups -OCH3 is 1. The van der Waals surface area contributed by atoms with Gasteiger partial charge in [0.2, 0.25) is 5.92 Å². The standard InChI is InChI=1S/C28H37F2N3O4/c1-5-33(19-9-11-28(29,30)12-10-19)24-15-21(37-20-7-6-8-20)14-22(18(24)3)26(34)31-16-23-25(36-4)13-17(2)32-27(23)35/h13-15,19-20H,5-12,16H2,1-4H3,(H,31,34)(H,32,35). The number of hydrogen-bond donors (Lipinski definition) is 2. The molecule has 1 amide bonds. The number of hydrogen-bond acceptors (Lipinski definition) is 5. The molecule has 0 unspecified atom stereocenters. The summed E-state index contributed by atoms with van der Waals surface area (Å²) >= 11 is 0. The molecule has 1 heterocycles. The van der Waals surface area contributed by atoms with Gasteiger partial charge in [-0.1, -0.05) is 0 Å². The number of alkyl halides is 2. The zero-order valence-electron chi connectivity index (χ0n) is 22.1. The van der Waals surface area contributed by atoms with E-state index in [4.69, 9.17) is 9.47 Å². The molecule has 1 aromatic carbocycles. The van der Waals surface area contributed by atoms with Crippen LogP contribution in [0.5, 0.6) is 11.5 Å². The number of rotatable bonds is 9. The Labute approximate surface area is 216 Å². The number of aryl methyl sites for hydroxylation is 1. The number of nitrogens with zero attached hydrogens (tertiary/aromatic N) is 1. The van der Waals surface area contributed by atoms with Gasteiger partial charge < -0.3 is 24.7 Å². The number of anilines is 1. The summed E-state index contributed by atoms with van der Waals surface area (Å²) in [6.45, 7) is 6.26. The molecule has 0 bridgehead atoms. The van der Waals surface area contributed by atoms with E-state index in [1.54, 1.807) is 19.1 Å². The van der Waals surface area contributed by atoms with Gasteiger partial charge in [-0.3, -0.25) is 9.59 Å². The summed E-state index contributed by atoms with van der Waals surface area (Å²) in [5.41, 5.74) is 2.70. The molecule has 0 atom stereocenters. The third kappa shape index (κ3) is 6.08. The first-order valence-corrected chi connectivity index (χ1v) is 13.1. The van der Waals surface area contributed by atoms with Crippen molar-refractivity contribution in [2.24, 2.45) is 0 Å². The SMILES string of the molecule is CCN(c1cc(OC2CCC2)cc(C(=O)NCc2c(OC)cc(C)[nH]c2=O)c1C)C1CCC(F)(F)CC1. The van der Waals surface area contributed by atoms with Gasteiger partial charge in [-0.15, -0.1) is 0 Å². The summed E-state index contributed by atoms with van der Waals surface area (Å²) in [5.74, 6) is -1.95. The minimum absolute atomic E-state index is 0.00466. The first kappa shape index (κ1) is 26.9. The van der Waals surface area contributed by atoms with E-state index in [0.717, 1.165) is 30.5 Å². The Balaban J connectivity index is 1.63. The molecule has 0 saturated heterocycles. The Bertz CT molecular complexity index is 1180. The lowest BCUT2D eigenvalue weighted by Crippen LogP contribution is -2.41. The zero-order valence-corrected chi connectivity index (χ0v) is 22.1. The molecule has 0 radical (unpaired) electrons. The predicted molar refractivity (Wildman–Crippen MR) is 139 cm³/mol. The van der Waals surface area contributed by atoms with Crippen LogP contribution in [0.25, 0.3) is 0 Å². The van der Waals surface area contributed by atoms with E-state index >= 15 is 0 Å². The highest BCUT2D eigenvalue weighted by Crippen LogP contribution is 2.39. The molecule has 7 nitrogen and oxygen atoms in total. The molecule has 1 aromatic heterocycles. The van der Waals surface area contributed by atoms with Crippen LogP contribution in [-0.4, -0.2) is 42.6 Å². The van der Waals surface area contributed by atoms with Gasteiger partial charge in [0.15, 0.2) is 0 Å². The molecular formula is C28H37F2N3O4. The molecular weight excluding hydrogens is 480 g/mol. The minimum Gasteiger partial charge on any atom is -0.496 e. The normalized spacial score (nSPS) is 17.7. The van der Waals surface area contributed by atoms with E-state index in [0.29, 0.717) is 47.7 Å². The maximum absolute atomic E-state index is 13.9. The highest BCUT2D eigenvalue weighted by molar-refractivity contribution is 5.97. The first-order valence-electron chi connectivity index (χ1n) is 13.1. The number of amides is 1. The molecule has 202 valence electrons. The second kappa shape index (κ2) is 11.1. The summed E-state index contributed by atoms with van der Waals surface area (Å²) in [6.07, 6.45) is 3.69. The Hall–Kier alpha value is -3.10. The van der Waals surface area contributed by atoms with Gasteiger partial charge in [0.25, 0.3) is 11.5 Å². The molecule has 2 saturated carbocycles. The number of ether oxygens (including phenoxy) is 2. The summed E-state index contributed by atoms with van der Waals surface area (Å²) < 4.78 is 39.2. The summed E-state index contributed by atoms with van der Waals surface area (Å²) in [5, 5.41) is 2.86. The van der Waals surface area contributed by atoms with Gasteiger partial charge >= 0.3 is 0 Å². The smallest absolute Gasteiger partial charge is 0.256 e. The number of carbonyl (C=O) groups excluding carboxylic acids is 1. The lowest BCUT2D eigenvalue weighted by Gasteiger charge is -2.39. The highest BCUT2D eigenvalue weighted by atomic mass is 19.3. The zero-order chi connectivity index (χ0) is 26.7. The van der Waals surface area contributed by atoms with Crippen LogP contribution >= 0.6 is 0 Å². The third-order valence-electron chi connectivity index (χ3n) is 7.61. The van der Waals surface area contributed by atoms with Crippen LogP contribution in [0.15, 0.2) is 23.0 Å². The van der Waals surface area contributed by atoms with Crippen molar-refractivity contribution in [2.45, 2.75) is 90.3 Å². The van der Waals surface area contributed by atoms with E-state index in [-0.39, 0.29) is 43.0 Å². The van der Waals surface area contributed by atoms with Crippen LogP contribution in [0.2, 0.25) is 0 Å². The van der Waals surface area contributed by atoms with Gasteiger partial charge in [-0.05, 0) is 70.6 Å². The second-order valence-electron chi connectivity index (χ2n) is 10.2. The summed E-state index contributed by atoms with van der Waals surface area (Å²) in [7, 11) is 1.48. The van der Waals surface area contributed by atoms with E-state index < -0.39 is 5.92 Å². The van der Waals surface area contributed by atoms with E-state index in [1.165, 1.54) is 7.11 Å². The Kier molecular flexibility index (Phi) is 8.09. The number of halogens is 2. The van der Waals surface area contributed by atoms with Crippen molar-refractivity contribution in [3.63, 3.8) is 0 Å². The van der Waals surface area contributed by atoms with Gasteiger partial charge in [0.1, 0.15) is 11.5 Å². The van der Waals surface area contributed by atoms with Crippen LogP contribution in [0.1, 0.15) is 79.0 Å². The Morgan fingerprint density at radius 3 is 2.46 bits per heavy atom. The van der Waals surface area contributed by atoms with E-state index in [1.807, 2.05) is 19.9 Å². The molecule has 9 heteroatoms. The molecule has 2 fully saturated rings. The molecule has 4 rings (SSSR count). The van der Waals surface area contributed by atoms with Gasteiger partial charge in [-0.2, -0.15) is 0 Å². The molecule has 0 spiro atoms. The maximum atomic E-state index is 13.9. The Morgan fingerprint density at radius 2 is 1.86 bits per heavy atom. The molecule has 0 aliphatic heterocycles. The summed E-state index contributed by atoms with van der Waals surface area (Å²) in [6, 6.07) is 5.36. The molecule has 2 aliphatic rings. The van der Waals surface area contributed by atoms with Gasteiger partial charge in [0, 0.05) is 48.4 Å². The molecule has 2 N–H and O–H groups in total. The average molecular weight is 518 g/mol. The predicted octanol–water partition coefficient (Wildman–Crippen LogP) is 5.27.